The van der Waals surface area contributed by atoms with Crippen LogP contribution in [0.2, 0.25) is 0 Å². The lowest BCUT2D eigenvalue weighted by Gasteiger charge is -2.31. The first-order valence-electron chi connectivity index (χ1n) is 7.18. The van der Waals surface area contributed by atoms with Crippen molar-refractivity contribution in [3.8, 4) is 0 Å². The van der Waals surface area contributed by atoms with E-state index in [0.29, 0.717) is 19.2 Å². The van der Waals surface area contributed by atoms with Gasteiger partial charge in [-0.05, 0) is 32.2 Å². The second-order valence-corrected chi connectivity index (χ2v) is 5.20. The molecule has 5 nitrogen and oxygen atoms in total. The summed E-state index contributed by atoms with van der Waals surface area (Å²) in [5.41, 5.74) is 0. The minimum atomic E-state index is -0.256. The number of methoxy groups -OCH3 is 2. The summed E-state index contributed by atoms with van der Waals surface area (Å²) in [5.74, 6) is 0.587. The number of nitrogens with one attached hydrogen (secondary N) is 1. The van der Waals surface area contributed by atoms with Crippen molar-refractivity contribution in [2.45, 2.75) is 38.8 Å². The highest BCUT2D eigenvalue weighted by Crippen LogP contribution is 2.35. The summed E-state index contributed by atoms with van der Waals surface area (Å²) in [6.07, 6.45) is 2.60. The van der Waals surface area contributed by atoms with Crippen LogP contribution < -0.4 is 5.32 Å². The zero-order valence-corrected chi connectivity index (χ0v) is 12.6. The highest BCUT2D eigenvalue weighted by Gasteiger charge is 2.33. The molecule has 19 heavy (non-hydrogen) atoms. The van der Waals surface area contributed by atoms with Gasteiger partial charge in [0, 0.05) is 26.2 Å². The number of carbonyl (C=O) groups excluding carboxylic acids is 1. The van der Waals surface area contributed by atoms with Gasteiger partial charge in [0.1, 0.15) is 6.04 Å². The van der Waals surface area contributed by atoms with Crippen LogP contribution in [0.3, 0.4) is 0 Å². The van der Waals surface area contributed by atoms with E-state index in [2.05, 4.69) is 17.1 Å². The van der Waals surface area contributed by atoms with Gasteiger partial charge in [-0.3, -0.25) is 9.69 Å². The highest BCUT2D eigenvalue weighted by atomic mass is 16.5. The molecular formula is C14H28N2O3. The first-order valence-corrected chi connectivity index (χ1v) is 7.18. The molecular weight excluding hydrogens is 244 g/mol. The molecule has 0 heterocycles. The van der Waals surface area contributed by atoms with Gasteiger partial charge in [0.05, 0.1) is 13.7 Å². The Morgan fingerprint density at radius 2 is 2.11 bits per heavy atom. The normalized spacial score (nSPS) is 18.4. The van der Waals surface area contributed by atoms with Crippen LogP contribution in [0.4, 0.5) is 0 Å². The maximum absolute atomic E-state index is 11.8. The van der Waals surface area contributed by atoms with E-state index < -0.39 is 0 Å². The molecule has 1 N–H and O–H groups in total. The fourth-order valence-corrected chi connectivity index (χ4v) is 2.39. The highest BCUT2D eigenvalue weighted by molar-refractivity contribution is 5.75. The van der Waals surface area contributed by atoms with Gasteiger partial charge in [0.2, 0.25) is 0 Å². The molecule has 1 fully saturated rings. The van der Waals surface area contributed by atoms with Crippen LogP contribution >= 0.6 is 0 Å². The average Bonchev–Trinajstić information content (AvgIpc) is 3.25. The van der Waals surface area contributed by atoms with E-state index in [1.54, 1.807) is 7.11 Å². The number of ether oxygens (including phenoxy) is 2. The van der Waals surface area contributed by atoms with E-state index in [-0.39, 0.29) is 12.0 Å². The second kappa shape index (κ2) is 8.51. The number of rotatable bonds is 10. The quantitative estimate of drug-likeness (QED) is 0.598. The van der Waals surface area contributed by atoms with E-state index in [9.17, 15) is 4.79 Å². The molecule has 112 valence electrons. The first kappa shape index (κ1) is 16.4. The van der Waals surface area contributed by atoms with Gasteiger partial charge < -0.3 is 14.8 Å². The molecule has 0 aliphatic heterocycles. The van der Waals surface area contributed by atoms with Crippen molar-refractivity contribution < 1.29 is 14.3 Å². The molecule has 5 heteroatoms. The number of esters is 1. The summed E-state index contributed by atoms with van der Waals surface area (Å²) in [6, 6.07) is 0.244. The molecule has 1 aliphatic rings. The van der Waals surface area contributed by atoms with Crippen LogP contribution in [0.15, 0.2) is 0 Å². The second-order valence-electron chi connectivity index (χ2n) is 5.20. The Labute approximate surface area is 116 Å². The van der Waals surface area contributed by atoms with Gasteiger partial charge >= 0.3 is 5.97 Å². The smallest absolute Gasteiger partial charge is 0.324 e. The average molecular weight is 272 g/mol. The van der Waals surface area contributed by atoms with Crippen LogP contribution in [-0.2, 0) is 14.3 Å². The summed E-state index contributed by atoms with van der Waals surface area (Å²) in [6.45, 7) is 7.23. The Kier molecular flexibility index (Phi) is 7.34. The molecule has 1 aliphatic carbocycles. The summed E-state index contributed by atoms with van der Waals surface area (Å²) in [4.78, 5) is 14.1. The van der Waals surface area contributed by atoms with E-state index in [4.69, 9.17) is 9.47 Å². The molecule has 0 spiro atoms. The molecule has 0 amide bonds. The summed E-state index contributed by atoms with van der Waals surface area (Å²) in [5, 5.41) is 3.20. The number of hydrogen-bond acceptors (Lipinski definition) is 5. The van der Waals surface area contributed by atoms with Crippen LogP contribution in [-0.4, -0.2) is 63.4 Å². The zero-order chi connectivity index (χ0) is 14.3. The minimum absolute atomic E-state index is 0.188. The van der Waals surface area contributed by atoms with Gasteiger partial charge in [-0.15, -0.1) is 0 Å². The standard InChI is InChI=1S/C14H28N2O3/c1-5-15-13(14(17)19-4)10-16(8-9-18-3)11(2)12-6-7-12/h11-13,15H,5-10H2,1-4H3. The van der Waals surface area contributed by atoms with Gasteiger partial charge in [0.25, 0.3) is 0 Å². The SMILES string of the molecule is CCNC(CN(CCOC)C(C)C1CC1)C(=O)OC. The third-order valence-corrected chi connectivity index (χ3v) is 3.82. The summed E-state index contributed by atoms with van der Waals surface area (Å²) in [7, 11) is 3.15. The van der Waals surface area contributed by atoms with Crippen molar-refractivity contribution >= 4 is 5.97 Å². The lowest BCUT2D eigenvalue weighted by atomic mass is 10.1. The molecule has 0 bridgehead atoms. The molecule has 2 atom stereocenters. The predicted molar refractivity (Wildman–Crippen MR) is 75.1 cm³/mol. The monoisotopic (exact) mass is 272 g/mol. The van der Waals surface area contributed by atoms with Crippen LogP contribution in [0.5, 0.6) is 0 Å². The summed E-state index contributed by atoms with van der Waals surface area (Å²) < 4.78 is 10.0. The maximum atomic E-state index is 11.8. The molecule has 0 aromatic carbocycles. The fourth-order valence-electron chi connectivity index (χ4n) is 2.39. The Hall–Kier alpha value is -0.650. The van der Waals surface area contributed by atoms with Crippen molar-refractivity contribution in [3.63, 3.8) is 0 Å². The van der Waals surface area contributed by atoms with Gasteiger partial charge in [-0.1, -0.05) is 6.92 Å². The topological polar surface area (TPSA) is 50.8 Å². The van der Waals surface area contributed by atoms with Crippen molar-refractivity contribution in [3.05, 3.63) is 0 Å². The minimum Gasteiger partial charge on any atom is -0.468 e. The van der Waals surface area contributed by atoms with Crippen LogP contribution in [0.1, 0.15) is 26.7 Å². The van der Waals surface area contributed by atoms with E-state index in [1.807, 2.05) is 6.92 Å². The van der Waals surface area contributed by atoms with Gasteiger partial charge in [0.15, 0.2) is 0 Å². The largest absolute Gasteiger partial charge is 0.468 e. The molecule has 1 rings (SSSR count). The maximum Gasteiger partial charge on any atom is 0.324 e. The lowest BCUT2D eigenvalue weighted by Crippen LogP contribution is -2.50. The molecule has 0 radical (unpaired) electrons. The fraction of sp³-hybridized carbons (Fsp3) is 0.929. The molecule has 0 aromatic heterocycles. The van der Waals surface area contributed by atoms with E-state index in [1.165, 1.54) is 20.0 Å². The van der Waals surface area contributed by atoms with Crippen LogP contribution in [0.25, 0.3) is 0 Å². The zero-order valence-electron chi connectivity index (χ0n) is 12.6. The van der Waals surface area contributed by atoms with Crippen molar-refractivity contribution in [2.24, 2.45) is 5.92 Å². The molecule has 0 saturated heterocycles. The molecule has 2 unspecified atom stereocenters. The number of carbonyl (C=O) groups is 1. The van der Waals surface area contributed by atoms with Crippen molar-refractivity contribution in [2.75, 3.05) is 40.5 Å². The predicted octanol–water partition coefficient (Wildman–Crippen LogP) is 0.884. The van der Waals surface area contributed by atoms with Gasteiger partial charge in [-0.2, -0.15) is 0 Å². The van der Waals surface area contributed by atoms with Crippen LogP contribution in [0, 0.1) is 5.92 Å². The Morgan fingerprint density at radius 1 is 1.42 bits per heavy atom. The number of nitrogens with zero attached hydrogens (tertiary/aromatic N) is 1. The first-order chi connectivity index (χ1) is 9.13. The summed E-state index contributed by atoms with van der Waals surface area (Å²) >= 11 is 0. The molecule has 1 saturated carbocycles. The van der Waals surface area contributed by atoms with E-state index in [0.717, 1.165) is 19.0 Å². The Balaban J connectivity index is 2.58. The molecule has 0 aromatic rings. The van der Waals surface area contributed by atoms with Crippen molar-refractivity contribution in [1.29, 1.82) is 0 Å². The lowest BCUT2D eigenvalue weighted by molar-refractivity contribution is -0.143. The number of hydrogen-bond donors (Lipinski definition) is 1. The van der Waals surface area contributed by atoms with Crippen molar-refractivity contribution in [1.82, 2.24) is 10.2 Å². The number of likely N-dealkylation sites (N-methyl/N-ethyl adjacent to an activating group) is 1. The third kappa shape index (κ3) is 5.47. The van der Waals surface area contributed by atoms with Gasteiger partial charge in [-0.25, -0.2) is 0 Å². The van der Waals surface area contributed by atoms with E-state index >= 15 is 0 Å². The Bertz CT molecular complexity index is 269. The Morgan fingerprint density at radius 3 is 2.58 bits per heavy atom. The third-order valence-electron chi connectivity index (χ3n) is 3.82.